The van der Waals surface area contributed by atoms with Crippen LogP contribution in [0.2, 0.25) is 0 Å². The van der Waals surface area contributed by atoms with Crippen molar-refractivity contribution in [3.05, 3.63) is 41.5 Å². The summed E-state index contributed by atoms with van der Waals surface area (Å²) >= 11 is 0. The molecule has 1 aliphatic carbocycles. The van der Waals surface area contributed by atoms with Gasteiger partial charge in [-0.1, -0.05) is 12.1 Å². The fraction of sp³-hybridized carbons (Fsp3) is 0.600. The lowest BCUT2D eigenvalue weighted by molar-refractivity contribution is -0.0263. The third kappa shape index (κ3) is 3.12. The number of benzene rings is 1. The van der Waals surface area contributed by atoms with E-state index in [0.717, 1.165) is 48.9 Å². The molecule has 2 atom stereocenters. The van der Waals surface area contributed by atoms with Gasteiger partial charge in [0.2, 0.25) is 0 Å². The van der Waals surface area contributed by atoms with E-state index in [1.165, 1.54) is 12.8 Å². The van der Waals surface area contributed by atoms with Gasteiger partial charge in [0.05, 0.1) is 13.7 Å². The number of ether oxygens (including phenoxy) is 1. The molecule has 2 aliphatic rings. The zero-order valence-electron chi connectivity index (χ0n) is 15.9. The second-order valence-corrected chi connectivity index (χ2v) is 7.81. The molecule has 1 saturated carbocycles. The number of nitrogens with zero attached hydrogens (tertiary/aromatic N) is 4. The smallest absolute Gasteiger partial charge is 0.146 e. The summed E-state index contributed by atoms with van der Waals surface area (Å²) in [5, 5.41) is 20.2. The molecule has 1 N–H and O–H groups in total. The van der Waals surface area contributed by atoms with Gasteiger partial charge in [-0.15, -0.1) is 10.2 Å². The molecule has 4 rings (SSSR count). The maximum atomic E-state index is 11.3. The average molecular weight is 356 g/mol. The van der Waals surface area contributed by atoms with E-state index in [0.29, 0.717) is 5.92 Å². The van der Waals surface area contributed by atoms with E-state index >= 15 is 0 Å². The second-order valence-electron chi connectivity index (χ2n) is 7.81. The van der Waals surface area contributed by atoms with Gasteiger partial charge in [-0.2, -0.15) is 0 Å². The van der Waals surface area contributed by atoms with Gasteiger partial charge in [0.15, 0.2) is 0 Å². The molecule has 1 aromatic heterocycles. The van der Waals surface area contributed by atoms with Gasteiger partial charge < -0.3 is 14.4 Å². The molecular formula is C20H28N4O2. The summed E-state index contributed by atoms with van der Waals surface area (Å²) in [4.78, 5) is 2.35. The van der Waals surface area contributed by atoms with E-state index in [1.54, 1.807) is 7.11 Å². The molecule has 2 fully saturated rings. The second kappa shape index (κ2) is 6.67. The first-order valence-electron chi connectivity index (χ1n) is 9.50. The normalized spacial score (nSPS) is 23.2. The molecule has 26 heavy (non-hydrogen) atoms. The van der Waals surface area contributed by atoms with Crippen LogP contribution in [-0.2, 0) is 19.2 Å². The van der Waals surface area contributed by atoms with E-state index in [4.69, 9.17) is 4.74 Å². The first-order chi connectivity index (χ1) is 12.5. The molecule has 2 aromatic rings. The number of likely N-dealkylation sites (tertiary alicyclic amines) is 1. The molecule has 140 valence electrons. The molecule has 1 saturated heterocycles. The van der Waals surface area contributed by atoms with Gasteiger partial charge in [-0.3, -0.25) is 4.90 Å². The lowest BCUT2D eigenvalue weighted by atomic mass is 9.86. The van der Waals surface area contributed by atoms with Crippen molar-refractivity contribution in [1.29, 1.82) is 0 Å². The van der Waals surface area contributed by atoms with Crippen molar-refractivity contribution in [2.24, 2.45) is 7.05 Å². The number of methoxy groups -OCH3 is 1. The van der Waals surface area contributed by atoms with Crippen LogP contribution in [0.3, 0.4) is 0 Å². The summed E-state index contributed by atoms with van der Waals surface area (Å²) < 4.78 is 7.39. The largest absolute Gasteiger partial charge is 0.497 e. The summed E-state index contributed by atoms with van der Waals surface area (Å²) in [6.07, 6.45) is 4.52. The van der Waals surface area contributed by atoms with E-state index in [9.17, 15) is 5.11 Å². The summed E-state index contributed by atoms with van der Waals surface area (Å²) in [7, 11) is 3.72. The van der Waals surface area contributed by atoms with Crippen LogP contribution in [0, 0.1) is 0 Å². The van der Waals surface area contributed by atoms with Crippen LogP contribution in [-0.4, -0.2) is 44.5 Å². The van der Waals surface area contributed by atoms with Crippen LogP contribution < -0.4 is 4.74 Å². The van der Waals surface area contributed by atoms with Gasteiger partial charge in [-0.05, 0) is 56.8 Å². The highest BCUT2D eigenvalue weighted by Crippen LogP contribution is 2.39. The minimum atomic E-state index is -0.916. The van der Waals surface area contributed by atoms with E-state index in [-0.39, 0.29) is 6.04 Å². The average Bonchev–Trinajstić information content (AvgIpc) is 3.26. The van der Waals surface area contributed by atoms with Crippen LogP contribution in [0.15, 0.2) is 24.3 Å². The Morgan fingerprint density at radius 2 is 1.92 bits per heavy atom. The molecule has 0 amide bonds. The first kappa shape index (κ1) is 17.5. The van der Waals surface area contributed by atoms with Crippen LogP contribution in [0.5, 0.6) is 5.75 Å². The number of hydrogen-bond donors (Lipinski definition) is 1. The Morgan fingerprint density at radius 1 is 1.19 bits per heavy atom. The predicted molar refractivity (Wildman–Crippen MR) is 99.0 cm³/mol. The van der Waals surface area contributed by atoms with Crippen LogP contribution >= 0.6 is 0 Å². The summed E-state index contributed by atoms with van der Waals surface area (Å²) in [6, 6.07) is 7.81. The highest BCUT2D eigenvalue weighted by molar-refractivity contribution is 5.31. The Bertz CT molecular complexity index is 765. The third-order valence-electron chi connectivity index (χ3n) is 5.97. The standard InChI is InChI=1S/C20H28N4O2/c1-20(25,15-8-10-16(26-3)11-9-15)17-5-4-12-24(17)13-18-21-22-19(23(18)2)14-6-7-14/h8-11,14,17,25H,4-7,12-13H2,1-3H3/t17-,20-/m1/s1. The molecular weight excluding hydrogens is 328 g/mol. The topological polar surface area (TPSA) is 63.4 Å². The van der Waals surface area contributed by atoms with Crippen molar-refractivity contribution in [1.82, 2.24) is 19.7 Å². The van der Waals surface area contributed by atoms with Crippen molar-refractivity contribution in [3.8, 4) is 5.75 Å². The Hall–Kier alpha value is -1.92. The molecule has 0 radical (unpaired) electrons. The molecule has 0 spiro atoms. The lowest BCUT2D eigenvalue weighted by Gasteiger charge is -2.36. The SMILES string of the molecule is COc1ccc([C@@](C)(O)[C@H]2CCCN2Cc2nnc(C3CC3)n2C)cc1. The van der Waals surface area contributed by atoms with Crippen molar-refractivity contribution in [3.63, 3.8) is 0 Å². The zero-order valence-corrected chi connectivity index (χ0v) is 15.9. The fourth-order valence-corrected chi connectivity index (χ4v) is 4.16. The maximum Gasteiger partial charge on any atom is 0.146 e. The first-order valence-corrected chi connectivity index (χ1v) is 9.50. The molecule has 0 bridgehead atoms. The molecule has 1 aromatic carbocycles. The Kier molecular flexibility index (Phi) is 4.49. The molecule has 6 heteroatoms. The maximum absolute atomic E-state index is 11.3. The van der Waals surface area contributed by atoms with Gasteiger partial charge in [0, 0.05) is 19.0 Å². The highest BCUT2D eigenvalue weighted by atomic mass is 16.5. The summed E-state index contributed by atoms with van der Waals surface area (Å²) in [5.41, 5.74) is 0.00701. The van der Waals surface area contributed by atoms with Crippen LogP contribution in [0.4, 0.5) is 0 Å². The van der Waals surface area contributed by atoms with Gasteiger partial charge in [0.1, 0.15) is 23.0 Å². The third-order valence-corrected chi connectivity index (χ3v) is 5.97. The quantitative estimate of drug-likeness (QED) is 0.862. The summed E-state index contributed by atoms with van der Waals surface area (Å²) in [6.45, 7) is 3.62. The molecule has 6 nitrogen and oxygen atoms in total. The van der Waals surface area contributed by atoms with Crippen LogP contribution in [0.25, 0.3) is 0 Å². The highest BCUT2D eigenvalue weighted by Gasteiger charge is 2.41. The molecule has 0 unspecified atom stereocenters. The Balaban J connectivity index is 1.53. The van der Waals surface area contributed by atoms with Crippen molar-refractivity contribution < 1.29 is 9.84 Å². The fourth-order valence-electron chi connectivity index (χ4n) is 4.16. The van der Waals surface area contributed by atoms with Crippen LogP contribution in [0.1, 0.15) is 55.7 Å². The lowest BCUT2D eigenvalue weighted by Crippen LogP contribution is -2.45. The number of aromatic nitrogens is 3. The van der Waals surface area contributed by atoms with E-state index in [2.05, 4.69) is 26.7 Å². The Labute approximate surface area is 154 Å². The predicted octanol–water partition coefficient (Wildman–Crippen LogP) is 2.57. The van der Waals surface area contributed by atoms with Gasteiger partial charge in [0.25, 0.3) is 0 Å². The summed E-state index contributed by atoms with van der Waals surface area (Å²) in [5.74, 6) is 3.50. The minimum Gasteiger partial charge on any atom is -0.497 e. The van der Waals surface area contributed by atoms with E-state index in [1.807, 2.05) is 31.2 Å². The van der Waals surface area contributed by atoms with Gasteiger partial charge in [-0.25, -0.2) is 0 Å². The van der Waals surface area contributed by atoms with E-state index < -0.39 is 5.60 Å². The molecule has 2 heterocycles. The Morgan fingerprint density at radius 3 is 2.58 bits per heavy atom. The van der Waals surface area contributed by atoms with Crippen molar-refractivity contribution in [2.75, 3.05) is 13.7 Å². The van der Waals surface area contributed by atoms with Crippen molar-refractivity contribution in [2.45, 2.75) is 56.7 Å². The number of hydrogen-bond acceptors (Lipinski definition) is 5. The monoisotopic (exact) mass is 356 g/mol. The minimum absolute atomic E-state index is 0.0666. The number of aliphatic hydroxyl groups is 1. The number of rotatable bonds is 6. The van der Waals surface area contributed by atoms with Gasteiger partial charge >= 0.3 is 0 Å². The van der Waals surface area contributed by atoms with Crippen molar-refractivity contribution >= 4 is 0 Å². The molecule has 1 aliphatic heterocycles. The zero-order chi connectivity index (χ0) is 18.3.